The fourth-order valence-corrected chi connectivity index (χ4v) is 1.90. The van der Waals surface area contributed by atoms with Crippen LogP contribution in [0.15, 0.2) is 42.5 Å². The van der Waals surface area contributed by atoms with Crippen LogP contribution in [-0.4, -0.2) is 4.99 Å². The van der Waals surface area contributed by atoms with Crippen LogP contribution in [0.2, 0.25) is 0 Å². The molecular weight excluding hydrogens is 304 g/mol. The molecule has 3 N–H and O–H groups in total. The Bertz CT molecular complexity index is 666. The number of rotatable bonds is 3. The van der Waals surface area contributed by atoms with Crippen molar-refractivity contribution in [2.45, 2.75) is 6.18 Å². The predicted octanol–water partition coefficient (Wildman–Crippen LogP) is 4.22. The quantitative estimate of drug-likeness (QED) is 0.658. The van der Waals surface area contributed by atoms with Crippen LogP contribution in [0.25, 0.3) is 0 Å². The van der Waals surface area contributed by atoms with Crippen molar-refractivity contribution in [3.05, 3.63) is 59.4 Å². The Balaban J connectivity index is 2.28. The molecule has 0 atom stereocenters. The number of nitrogens with one attached hydrogen (secondary N) is 1. The SMILES string of the molecule is NC(=S)c1cc(F)ccc1Nc1ccc(C(F)(F)F)cc1. The number of alkyl halides is 3. The summed E-state index contributed by atoms with van der Waals surface area (Å²) in [7, 11) is 0. The van der Waals surface area contributed by atoms with Crippen LogP contribution in [-0.2, 0) is 6.18 Å². The number of nitrogens with two attached hydrogens (primary N) is 1. The maximum Gasteiger partial charge on any atom is 0.416 e. The van der Waals surface area contributed by atoms with Crippen LogP contribution < -0.4 is 11.1 Å². The van der Waals surface area contributed by atoms with E-state index in [2.05, 4.69) is 5.32 Å². The van der Waals surface area contributed by atoms with Crippen molar-refractivity contribution >= 4 is 28.6 Å². The third-order valence-electron chi connectivity index (χ3n) is 2.74. The predicted molar refractivity (Wildman–Crippen MR) is 77.0 cm³/mol. The Morgan fingerprint density at radius 3 is 2.19 bits per heavy atom. The lowest BCUT2D eigenvalue weighted by Gasteiger charge is -2.12. The van der Waals surface area contributed by atoms with Crippen LogP contribution in [0.1, 0.15) is 11.1 Å². The minimum atomic E-state index is -4.39. The highest BCUT2D eigenvalue weighted by Gasteiger charge is 2.29. The number of halogens is 4. The number of thiocarbonyl (C=S) groups is 1. The summed E-state index contributed by atoms with van der Waals surface area (Å²) < 4.78 is 50.6. The first kappa shape index (κ1) is 15.2. The lowest BCUT2D eigenvalue weighted by atomic mass is 10.1. The number of benzene rings is 2. The van der Waals surface area contributed by atoms with Gasteiger partial charge in [0.15, 0.2) is 0 Å². The molecule has 21 heavy (non-hydrogen) atoms. The summed E-state index contributed by atoms with van der Waals surface area (Å²) >= 11 is 4.82. The molecule has 0 heterocycles. The van der Waals surface area contributed by atoms with Crippen LogP contribution >= 0.6 is 12.2 Å². The second-order valence-corrected chi connectivity index (χ2v) is 4.69. The lowest BCUT2D eigenvalue weighted by molar-refractivity contribution is -0.137. The molecule has 0 radical (unpaired) electrons. The van der Waals surface area contributed by atoms with Crippen LogP contribution in [0, 0.1) is 5.82 Å². The Labute approximate surface area is 123 Å². The Morgan fingerprint density at radius 1 is 1.05 bits per heavy atom. The van der Waals surface area contributed by atoms with Gasteiger partial charge in [-0.3, -0.25) is 0 Å². The Hall–Kier alpha value is -2.15. The molecule has 0 spiro atoms. The monoisotopic (exact) mass is 314 g/mol. The molecule has 2 nitrogen and oxygen atoms in total. The molecule has 2 aromatic rings. The van der Waals surface area contributed by atoms with E-state index >= 15 is 0 Å². The lowest BCUT2D eigenvalue weighted by Crippen LogP contribution is -2.12. The molecule has 0 saturated heterocycles. The smallest absolute Gasteiger partial charge is 0.389 e. The number of anilines is 2. The highest BCUT2D eigenvalue weighted by molar-refractivity contribution is 7.80. The summed E-state index contributed by atoms with van der Waals surface area (Å²) in [6.07, 6.45) is -4.39. The molecule has 0 bridgehead atoms. The van der Waals surface area contributed by atoms with Gasteiger partial charge in [0, 0.05) is 16.9 Å². The number of hydrogen-bond donors (Lipinski definition) is 2. The molecule has 2 aromatic carbocycles. The summed E-state index contributed by atoms with van der Waals surface area (Å²) in [5.41, 5.74) is 5.86. The van der Waals surface area contributed by atoms with Crippen LogP contribution in [0.5, 0.6) is 0 Å². The molecule has 0 fully saturated rings. The van der Waals surface area contributed by atoms with Crippen LogP contribution in [0.4, 0.5) is 28.9 Å². The molecule has 0 unspecified atom stereocenters. The average molecular weight is 314 g/mol. The summed E-state index contributed by atoms with van der Waals surface area (Å²) in [4.78, 5) is -0.0103. The van der Waals surface area contributed by atoms with Gasteiger partial charge in [0.25, 0.3) is 0 Å². The van der Waals surface area contributed by atoms with Gasteiger partial charge in [-0.1, -0.05) is 12.2 Å². The van der Waals surface area contributed by atoms with Gasteiger partial charge in [0.05, 0.1) is 5.56 Å². The molecule has 2 rings (SSSR count). The topological polar surface area (TPSA) is 38.0 Å². The minimum absolute atomic E-state index is 0.0103. The van der Waals surface area contributed by atoms with Gasteiger partial charge in [-0.05, 0) is 42.5 Å². The summed E-state index contributed by atoms with van der Waals surface area (Å²) in [5.74, 6) is -0.504. The Morgan fingerprint density at radius 2 is 1.67 bits per heavy atom. The molecule has 0 aliphatic rings. The zero-order chi connectivity index (χ0) is 15.6. The maximum absolute atomic E-state index is 13.2. The first-order valence-corrected chi connectivity index (χ1v) is 6.22. The van der Waals surface area contributed by atoms with Gasteiger partial charge in [-0.15, -0.1) is 0 Å². The van der Waals surface area contributed by atoms with E-state index < -0.39 is 17.6 Å². The highest BCUT2D eigenvalue weighted by Crippen LogP contribution is 2.30. The van der Waals surface area contributed by atoms with Crippen molar-refractivity contribution in [3.8, 4) is 0 Å². The Kier molecular flexibility index (Phi) is 4.13. The van der Waals surface area contributed by atoms with Gasteiger partial charge in [-0.2, -0.15) is 13.2 Å². The van der Waals surface area contributed by atoms with Gasteiger partial charge in [-0.25, -0.2) is 4.39 Å². The van der Waals surface area contributed by atoms with Gasteiger partial charge < -0.3 is 11.1 Å². The second-order valence-electron chi connectivity index (χ2n) is 4.25. The minimum Gasteiger partial charge on any atom is -0.389 e. The molecule has 0 aromatic heterocycles. The molecule has 0 amide bonds. The van der Waals surface area contributed by atoms with E-state index in [0.717, 1.165) is 18.2 Å². The van der Waals surface area contributed by atoms with Crippen molar-refractivity contribution < 1.29 is 17.6 Å². The molecule has 7 heteroatoms. The fraction of sp³-hybridized carbons (Fsp3) is 0.0714. The molecule has 0 aliphatic heterocycles. The van der Waals surface area contributed by atoms with E-state index in [1.165, 1.54) is 24.3 Å². The first-order valence-electron chi connectivity index (χ1n) is 5.81. The molecule has 110 valence electrons. The van der Waals surface area contributed by atoms with Crippen molar-refractivity contribution in [2.75, 3.05) is 5.32 Å². The molecule has 0 saturated carbocycles. The standard InChI is InChI=1S/C14H10F4N2S/c15-9-3-6-12(11(7-9)13(19)21)20-10-4-1-8(2-5-10)14(16,17)18/h1-7,20H,(H2,19,21). The third-order valence-corrected chi connectivity index (χ3v) is 2.96. The zero-order valence-corrected chi connectivity index (χ0v) is 11.4. The van der Waals surface area contributed by atoms with Gasteiger partial charge >= 0.3 is 6.18 Å². The third kappa shape index (κ3) is 3.69. The molecular formula is C14H10F4N2S. The largest absolute Gasteiger partial charge is 0.416 e. The molecule has 0 aliphatic carbocycles. The van der Waals surface area contributed by atoms with E-state index in [9.17, 15) is 17.6 Å². The van der Waals surface area contributed by atoms with E-state index in [1.54, 1.807) is 0 Å². The fourth-order valence-electron chi connectivity index (χ4n) is 1.73. The van der Waals surface area contributed by atoms with Crippen LogP contribution in [0.3, 0.4) is 0 Å². The van der Waals surface area contributed by atoms with Crippen molar-refractivity contribution in [1.82, 2.24) is 0 Å². The maximum atomic E-state index is 13.2. The van der Waals surface area contributed by atoms with Crippen molar-refractivity contribution in [2.24, 2.45) is 5.73 Å². The van der Waals surface area contributed by atoms with E-state index in [0.29, 0.717) is 11.4 Å². The van der Waals surface area contributed by atoms with E-state index in [-0.39, 0.29) is 10.6 Å². The van der Waals surface area contributed by atoms with Crippen molar-refractivity contribution in [1.29, 1.82) is 0 Å². The van der Waals surface area contributed by atoms with E-state index in [4.69, 9.17) is 18.0 Å². The van der Waals surface area contributed by atoms with E-state index in [1.807, 2.05) is 0 Å². The normalized spacial score (nSPS) is 11.2. The van der Waals surface area contributed by atoms with Gasteiger partial charge in [0.2, 0.25) is 0 Å². The summed E-state index contributed by atoms with van der Waals surface area (Å²) in [6.45, 7) is 0. The highest BCUT2D eigenvalue weighted by atomic mass is 32.1. The first-order chi connectivity index (χ1) is 9.77. The summed E-state index contributed by atoms with van der Waals surface area (Å²) in [6, 6.07) is 8.23. The number of hydrogen-bond acceptors (Lipinski definition) is 2. The second kappa shape index (κ2) is 5.69. The summed E-state index contributed by atoms with van der Waals surface area (Å²) in [5, 5.41) is 2.86. The van der Waals surface area contributed by atoms with Gasteiger partial charge in [0.1, 0.15) is 10.8 Å². The zero-order valence-electron chi connectivity index (χ0n) is 10.5. The van der Waals surface area contributed by atoms with Crippen molar-refractivity contribution in [3.63, 3.8) is 0 Å². The average Bonchev–Trinajstić information content (AvgIpc) is 2.40.